The van der Waals surface area contributed by atoms with Crippen molar-refractivity contribution in [3.63, 3.8) is 0 Å². The first-order valence-corrected chi connectivity index (χ1v) is 5.35. The smallest absolute Gasteiger partial charge is 0.0696 e. The van der Waals surface area contributed by atoms with Crippen LogP contribution in [0.15, 0.2) is 18.3 Å². The molecule has 74 valence electrons. The van der Waals surface area contributed by atoms with Gasteiger partial charge in [-0.25, -0.2) is 0 Å². The van der Waals surface area contributed by atoms with Crippen molar-refractivity contribution in [2.24, 2.45) is 11.8 Å². The lowest BCUT2D eigenvalue weighted by atomic mass is 9.85. The van der Waals surface area contributed by atoms with Gasteiger partial charge in [-0.2, -0.15) is 0 Å². The van der Waals surface area contributed by atoms with Crippen LogP contribution in [-0.2, 0) is 0 Å². The van der Waals surface area contributed by atoms with E-state index in [9.17, 15) is 0 Å². The molecule has 0 saturated carbocycles. The van der Waals surface area contributed by atoms with Crippen LogP contribution in [0.3, 0.4) is 0 Å². The maximum atomic E-state index is 4.50. The number of fused-ring (bicyclic) bond motifs is 1. The van der Waals surface area contributed by atoms with E-state index in [4.69, 9.17) is 0 Å². The average Bonchev–Trinajstić information content (AvgIpc) is 2.17. The molecule has 0 radical (unpaired) electrons. The number of hydrogen-bond donors (Lipinski definition) is 0. The lowest BCUT2D eigenvalue weighted by Crippen LogP contribution is -2.36. The highest BCUT2D eigenvalue weighted by atomic mass is 14.6. The third-order valence-corrected chi connectivity index (χ3v) is 2.96. The fourth-order valence-electron chi connectivity index (χ4n) is 2.33. The SMILES string of the molecule is CC(C)C1=c2ncccc2=CCC1C. The summed E-state index contributed by atoms with van der Waals surface area (Å²) in [5.74, 6) is 1.25. The molecule has 0 N–H and O–H groups in total. The predicted molar refractivity (Wildman–Crippen MR) is 60.0 cm³/mol. The Kier molecular flexibility index (Phi) is 2.40. The molecule has 1 unspecified atom stereocenters. The minimum Gasteiger partial charge on any atom is -0.256 e. The number of hydrogen-bond acceptors (Lipinski definition) is 1. The molecule has 0 bridgehead atoms. The van der Waals surface area contributed by atoms with Crippen molar-refractivity contribution in [3.8, 4) is 0 Å². The summed E-state index contributed by atoms with van der Waals surface area (Å²) in [5, 5.41) is 2.54. The Hall–Kier alpha value is -1.11. The standard InChI is InChI=1S/C13H17N/c1-9(2)12-10(3)6-7-11-5-4-8-14-13(11)12/h4-5,7-10H,6H2,1-3H3. The molecule has 1 heterocycles. The zero-order valence-corrected chi connectivity index (χ0v) is 9.12. The molecule has 0 amide bonds. The van der Waals surface area contributed by atoms with E-state index < -0.39 is 0 Å². The average molecular weight is 187 g/mol. The van der Waals surface area contributed by atoms with Gasteiger partial charge in [0.1, 0.15) is 0 Å². The van der Waals surface area contributed by atoms with E-state index >= 15 is 0 Å². The van der Waals surface area contributed by atoms with Crippen LogP contribution >= 0.6 is 0 Å². The van der Waals surface area contributed by atoms with Crippen LogP contribution < -0.4 is 10.6 Å². The van der Waals surface area contributed by atoms with Gasteiger partial charge in [-0.15, -0.1) is 0 Å². The Labute approximate surface area is 85.2 Å². The molecular formula is C13H17N. The van der Waals surface area contributed by atoms with Crippen LogP contribution in [0.2, 0.25) is 0 Å². The van der Waals surface area contributed by atoms with Crippen molar-refractivity contribution < 1.29 is 0 Å². The molecule has 2 rings (SSSR count). The fraction of sp³-hybridized carbons (Fsp3) is 0.462. The third kappa shape index (κ3) is 1.47. The zero-order chi connectivity index (χ0) is 10.1. The molecule has 0 aromatic carbocycles. The van der Waals surface area contributed by atoms with Crippen molar-refractivity contribution in [1.29, 1.82) is 0 Å². The minimum absolute atomic E-state index is 0.604. The Morgan fingerprint density at radius 2 is 2.21 bits per heavy atom. The highest BCUT2D eigenvalue weighted by Gasteiger charge is 2.16. The fourth-order valence-corrected chi connectivity index (χ4v) is 2.33. The minimum atomic E-state index is 0.604. The Morgan fingerprint density at radius 3 is 2.93 bits per heavy atom. The van der Waals surface area contributed by atoms with E-state index in [-0.39, 0.29) is 0 Å². The van der Waals surface area contributed by atoms with Crippen LogP contribution in [0.1, 0.15) is 27.2 Å². The molecular weight excluding hydrogens is 170 g/mol. The summed E-state index contributed by atoms with van der Waals surface area (Å²) < 4.78 is 0. The van der Waals surface area contributed by atoms with Crippen LogP contribution in [0.4, 0.5) is 0 Å². The topological polar surface area (TPSA) is 12.9 Å². The molecule has 1 heteroatoms. The highest BCUT2D eigenvalue weighted by Crippen LogP contribution is 2.23. The van der Waals surface area contributed by atoms with E-state index in [1.54, 1.807) is 0 Å². The van der Waals surface area contributed by atoms with Crippen molar-refractivity contribution in [1.82, 2.24) is 4.98 Å². The second kappa shape index (κ2) is 3.56. The van der Waals surface area contributed by atoms with Crippen molar-refractivity contribution in [2.75, 3.05) is 0 Å². The van der Waals surface area contributed by atoms with Gasteiger partial charge in [0.25, 0.3) is 0 Å². The molecule has 1 aliphatic carbocycles. The predicted octanol–water partition coefficient (Wildman–Crippen LogP) is 1.71. The molecule has 0 fully saturated rings. The van der Waals surface area contributed by atoms with Gasteiger partial charge in [-0.1, -0.05) is 32.9 Å². The summed E-state index contributed by atoms with van der Waals surface area (Å²) in [6, 6.07) is 4.18. The molecule has 0 aliphatic heterocycles. The summed E-state index contributed by atoms with van der Waals surface area (Å²) >= 11 is 0. The van der Waals surface area contributed by atoms with E-state index in [0.29, 0.717) is 11.8 Å². The Morgan fingerprint density at radius 1 is 1.43 bits per heavy atom. The number of nitrogens with zero attached hydrogens (tertiary/aromatic N) is 1. The van der Waals surface area contributed by atoms with Crippen molar-refractivity contribution in [3.05, 3.63) is 28.9 Å². The molecule has 1 aromatic heterocycles. The van der Waals surface area contributed by atoms with Crippen molar-refractivity contribution in [2.45, 2.75) is 27.2 Å². The molecule has 0 saturated heterocycles. The van der Waals surface area contributed by atoms with Crippen LogP contribution in [0, 0.1) is 11.8 Å². The van der Waals surface area contributed by atoms with Gasteiger partial charge in [0.2, 0.25) is 0 Å². The summed E-state index contributed by atoms with van der Waals surface area (Å²) in [6.45, 7) is 6.81. The van der Waals surface area contributed by atoms with Gasteiger partial charge in [-0.05, 0) is 35.1 Å². The van der Waals surface area contributed by atoms with Crippen LogP contribution in [-0.4, -0.2) is 4.98 Å². The number of aromatic nitrogens is 1. The first kappa shape index (κ1) is 9.45. The maximum absolute atomic E-state index is 4.50. The van der Waals surface area contributed by atoms with E-state index in [0.717, 1.165) is 6.42 Å². The molecule has 1 nitrogen and oxygen atoms in total. The normalized spacial score (nSPS) is 20.6. The first-order chi connectivity index (χ1) is 6.70. The second-order valence-corrected chi connectivity index (χ2v) is 4.39. The largest absolute Gasteiger partial charge is 0.256 e. The molecule has 0 spiro atoms. The first-order valence-electron chi connectivity index (χ1n) is 5.35. The van der Waals surface area contributed by atoms with Gasteiger partial charge in [-0.3, -0.25) is 4.98 Å². The van der Waals surface area contributed by atoms with E-state index in [2.05, 4.69) is 37.9 Å². The molecule has 1 aromatic rings. The molecule has 1 aliphatic rings. The van der Waals surface area contributed by atoms with Crippen molar-refractivity contribution >= 4 is 11.6 Å². The van der Waals surface area contributed by atoms with Gasteiger partial charge in [0, 0.05) is 6.20 Å². The molecule has 14 heavy (non-hydrogen) atoms. The van der Waals surface area contributed by atoms with Crippen LogP contribution in [0.5, 0.6) is 0 Å². The van der Waals surface area contributed by atoms with E-state index in [1.807, 2.05) is 12.3 Å². The Bertz CT molecular complexity index is 443. The summed E-state index contributed by atoms with van der Waals surface area (Å²) in [6.07, 6.45) is 5.36. The number of rotatable bonds is 1. The summed E-state index contributed by atoms with van der Waals surface area (Å²) in [7, 11) is 0. The lowest BCUT2D eigenvalue weighted by Gasteiger charge is -2.20. The quantitative estimate of drug-likeness (QED) is 0.652. The van der Waals surface area contributed by atoms with Gasteiger partial charge < -0.3 is 0 Å². The number of pyridine rings is 1. The maximum Gasteiger partial charge on any atom is 0.0696 e. The third-order valence-electron chi connectivity index (χ3n) is 2.96. The second-order valence-electron chi connectivity index (χ2n) is 4.39. The monoisotopic (exact) mass is 187 g/mol. The van der Waals surface area contributed by atoms with Gasteiger partial charge >= 0.3 is 0 Å². The molecule has 1 atom stereocenters. The highest BCUT2D eigenvalue weighted by molar-refractivity contribution is 5.53. The Balaban J connectivity index is 2.78. The van der Waals surface area contributed by atoms with Gasteiger partial charge in [0.05, 0.1) is 5.35 Å². The lowest BCUT2D eigenvalue weighted by molar-refractivity contribution is 0.670. The van der Waals surface area contributed by atoms with E-state index in [1.165, 1.54) is 16.1 Å². The zero-order valence-electron chi connectivity index (χ0n) is 9.12. The van der Waals surface area contributed by atoms with Crippen LogP contribution in [0.25, 0.3) is 11.6 Å². The summed E-state index contributed by atoms with van der Waals surface area (Å²) in [4.78, 5) is 4.50. The van der Waals surface area contributed by atoms with Gasteiger partial charge in [0.15, 0.2) is 0 Å². The summed E-state index contributed by atoms with van der Waals surface area (Å²) in [5.41, 5.74) is 1.52.